The molecule has 2 aliphatic rings. The molecule has 1 aliphatic carbocycles. The zero-order chi connectivity index (χ0) is 21.8. The topological polar surface area (TPSA) is 38.3 Å². The number of fused-ring (bicyclic) bond motifs is 4. The number of carbonyl (C=O) groups excluding carboxylic acids is 1. The zero-order valence-corrected chi connectivity index (χ0v) is 18.8. The van der Waals surface area contributed by atoms with Crippen LogP contribution in [0.3, 0.4) is 0 Å². The number of carbonyl (C=O) groups is 1. The minimum atomic E-state index is -0.285. The van der Waals surface area contributed by atoms with Gasteiger partial charge in [-0.25, -0.2) is 0 Å². The van der Waals surface area contributed by atoms with Gasteiger partial charge in [-0.05, 0) is 59.4 Å². The van der Waals surface area contributed by atoms with Gasteiger partial charge in [0, 0.05) is 33.8 Å². The molecule has 1 N–H and O–H groups in total. The van der Waals surface area contributed by atoms with Crippen molar-refractivity contribution in [3.05, 3.63) is 76.3 Å². The number of hydrogen-bond acceptors (Lipinski definition) is 3. The molecular weight excluding hydrogens is 406 g/mol. The lowest BCUT2D eigenvalue weighted by molar-refractivity contribution is -0.118. The van der Waals surface area contributed by atoms with E-state index in [0.29, 0.717) is 18.1 Å². The third-order valence-corrected chi connectivity index (χ3v) is 6.56. The summed E-state index contributed by atoms with van der Waals surface area (Å²) in [6.07, 6.45) is 1.40. The van der Waals surface area contributed by atoms with Crippen molar-refractivity contribution in [3.8, 4) is 5.75 Å². The first-order valence-electron chi connectivity index (χ1n) is 10.8. The normalized spacial score (nSPS) is 19.6. The molecule has 0 spiro atoms. The molecule has 3 aromatic carbocycles. The average molecular weight is 432 g/mol. The molecule has 0 bridgehead atoms. The van der Waals surface area contributed by atoms with E-state index in [1.807, 2.05) is 25.1 Å². The largest absolute Gasteiger partial charge is 0.494 e. The molecule has 3 nitrogen and oxygen atoms in total. The molecule has 4 heteroatoms. The van der Waals surface area contributed by atoms with E-state index in [1.54, 1.807) is 0 Å². The van der Waals surface area contributed by atoms with Crippen molar-refractivity contribution >= 4 is 39.4 Å². The Hall–Kier alpha value is -2.78. The number of nitrogens with one attached hydrogen (secondary N) is 1. The fourth-order valence-electron chi connectivity index (χ4n) is 5.10. The highest BCUT2D eigenvalue weighted by Gasteiger charge is 2.41. The Bertz CT molecular complexity index is 1240. The number of ether oxygens (including phenoxy) is 1. The molecule has 5 rings (SSSR count). The summed E-state index contributed by atoms with van der Waals surface area (Å²) in [7, 11) is 0. The molecule has 1 heterocycles. The first-order valence-corrected chi connectivity index (χ1v) is 11.2. The standard InChI is InChI=1S/C27H26ClNO2/c1-4-31-23-12-10-17(28)13-19(23)26-25-20(14-27(2,3)15-22(25)30)24-18-8-6-5-7-16(18)9-11-21(24)29-26/h5-13,26,29H,4,14-15H2,1-3H3/t26-/m1/s1. The Kier molecular flexibility index (Phi) is 4.82. The molecule has 1 aliphatic heterocycles. The first kappa shape index (κ1) is 20.1. The number of halogens is 1. The van der Waals surface area contributed by atoms with Crippen LogP contribution in [0, 0.1) is 5.41 Å². The van der Waals surface area contributed by atoms with Gasteiger partial charge in [-0.3, -0.25) is 4.79 Å². The van der Waals surface area contributed by atoms with Crippen LogP contribution >= 0.6 is 11.6 Å². The minimum Gasteiger partial charge on any atom is -0.494 e. The predicted octanol–water partition coefficient (Wildman–Crippen LogP) is 7.20. The van der Waals surface area contributed by atoms with Crippen LogP contribution in [-0.2, 0) is 4.79 Å². The van der Waals surface area contributed by atoms with Crippen LogP contribution in [-0.4, -0.2) is 12.4 Å². The summed E-state index contributed by atoms with van der Waals surface area (Å²) in [5.41, 5.74) is 5.04. The van der Waals surface area contributed by atoms with Crippen LogP contribution in [0.4, 0.5) is 5.69 Å². The summed E-state index contributed by atoms with van der Waals surface area (Å²) in [6.45, 7) is 6.88. The summed E-state index contributed by atoms with van der Waals surface area (Å²) in [6, 6.07) is 18.0. The van der Waals surface area contributed by atoms with Crippen molar-refractivity contribution in [1.82, 2.24) is 0 Å². The molecule has 0 saturated carbocycles. The van der Waals surface area contributed by atoms with Crippen LogP contribution in [0.25, 0.3) is 16.3 Å². The lowest BCUT2D eigenvalue weighted by Gasteiger charge is -2.40. The summed E-state index contributed by atoms with van der Waals surface area (Å²) in [5, 5.41) is 6.67. The van der Waals surface area contributed by atoms with Crippen molar-refractivity contribution < 1.29 is 9.53 Å². The second-order valence-electron chi connectivity index (χ2n) is 9.23. The first-order chi connectivity index (χ1) is 14.9. The van der Waals surface area contributed by atoms with Crippen molar-refractivity contribution in [2.24, 2.45) is 5.41 Å². The van der Waals surface area contributed by atoms with Crippen LogP contribution in [0.1, 0.15) is 50.8 Å². The molecule has 1 atom stereocenters. The van der Waals surface area contributed by atoms with E-state index in [2.05, 4.69) is 55.6 Å². The average Bonchev–Trinajstić information content (AvgIpc) is 2.73. The van der Waals surface area contributed by atoms with Crippen molar-refractivity contribution in [2.45, 2.75) is 39.7 Å². The van der Waals surface area contributed by atoms with E-state index in [9.17, 15) is 4.79 Å². The van der Waals surface area contributed by atoms with Gasteiger partial charge in [0.05, 0.1) is 12.6 Å². The molecular formula is C27H26ClNO2. The number of anilines is 1. The van der Waals surface area contributed by atoms with E-state index in [4.69, 9.17) is 16.3 Å². The van der Waals surface area contributed by atoms with Crippen LogP contribution in [0.15, 0.2) is 60.2 Å². The Morgan fingerprint density at radius 2 is 1.90 bits per heavy atom. The van der Waals surface area contributed by atoms with Crippen molar-refractivity contribution in [2.75, 3.05) is 11.9 Å². The van der Waals surface area contributed by atoms with Gasteiger partial charge in [0.1, 0.15) is 5.75 Å². The number of ketones is 1. The molecule has 0 amide bonds. The molecule has 3 aromatic rings. The third-order valence-electron chi connectivity index (χ3n) is 6.32. The SMILES string of the molecule is CCOc1ccc(Cl)cc1[C@H]1Nc2ccc3ccccc3c2C2=C1C(=O)CC(C)(C)C2. The third kappa shape index (κ3) is 3.41. The summed E-state index contributed by atoms with van der Waals surface area (Å²) in [5.74, 6) is 0.961. The summed E-state index contributed by atoms with van der Waals surface area (Å²) in [4.78, 5) is 13.6. The van der Waals surface area contributed by atoms with Crippen molar-refractivity contribution in [3.63, 3.8) is 0 Å². The van der Waals surface area contributed by atoms with Gasteiger partial charge in [0.15, 0.2) is 5.78 Å². The molecule has 0 unspecified atom stereocenters. The van der Waals surface area contributed by atoms with Gasteiger partial charge in [-0.15, -0.1) is 0 Å². The van der Waals surface area contributed by atoms with Crippen LogP contribution in [0.5, 0.6) is 5.75 Å². The van der Waals surface area contributed by atoms with E-state index < -0.39 is 0 Å². The summed E-state index contributed by atoms with van der Waals surface area (Å²) < 4.78 is 5.93. The fraction of sp³-hybridized carbons (Fsp3) is 0.296. The minimum absolute atomic E-state index is 0.0803. The maximum Gasteiger partial charge on any atom is 0.162 e. The lowest BCUT2D eigenvalue weighted by atomic mass is 9.68. The van der Waals surface area contributed by atoms with Gasteiger partial charge in [0.25, 0.3) is 0 Å². The lowest BCUT2D eigenvalue weighted by Crippen LogP contribution is -2.33. The number of hydrogen-bond donors (Lipinski definition) is 1. The Balaban J connectivity index is 1.80. The molecule has 0 aromatic heterocycles. The molecule has 0 radical (unpaired) electrons. The molecule has 0 saturated heterocycles. The van der Waals surface area contributed by atoms with E-state index in [-0.39, 0.29) is 17.2 Å². The van der Waals surface area contributed by atoms with Gasteiger partial charge in [-0.1, -0.05) is 55.8 Å². The van der Waals surface area contributed by atoms with Crippen molar-refractivity contribution in [1.29, 1.82) is 0 Å². The number of rotatable bonds is 3. The molecule has 158 valence electrons. The monoisotopic (exact) mass is 431 g/mol. The Labute approximate surface area is 188 Å². The predicted molar refractivity (Wildman–Crippen MR) is 128 cm³/mol. The second kappa shape index (κ2) is 7.42. The highest BCUT2D eigenvalue weighted by atomic mass is 35.5. The van der Waals surface area contributed by atoms with Crippen LogP contribution in [0.2, 0.25) is 5.02 Å². The fourth-order valence-corrected chi connectivity index (χ4v) is 5.28. The molecule has 31 heavy (non-hydrogen) atoms. The van der Waals surface area contributed by atoms with Gasteiger partial charge in [-0.2, -0.15) is 0 Å². The van der Waals surface area contributed by atoms with Crippen LogP contribution < -0.4 is 10.1 Å². The smallest absolute Gasteiger partial charge is 0.162 e. The van der Waals surface area contributed by atoms with Gasteiger partial charge >= 0.3 is 0 Å². The Morgan fingerprint density at radius 3 is 2.71 bits per heavy atom. The van der Waals surface area contributed by atoms with E-state index in [1.165, 1.54) is 10.8 Å². The quantitative estimate of drug-likeness (QED) is 0.476. The van der Waals surface area contributed by atoms with Gasteiger partial charge in [0.2, 0.25) is 0 Å². The summed E-state index contributed by atoms with van der Waals surface area (Å²) >= 11 is 6.39. The van der Waals surface area contributed by atoms with Gasteiger partial charge < -0.3 is 10.1 Å². The van der Waals surface area contributed by atoms with E-state index >= 15 is 0 Å². The number of benzene rings is 3. The molecule has 0 fully saturated rings. The highest BCUT2D eigenvalue weighted by molar-refractivity contribution is 6.30. The highest BCUT2D eigenvalue weighted by Crippen LogP contribution is 2.53. The Morgan fingerprint density at radius 1 is 1.10 bits per heavy atom. The maximum absolute atomic E-state index is 13.6. The second-order valence-corrected chi connectivity index (χ2v) is 9.67. The number of Topliss-reactive ketones (excluding diaryl/α,β-unsaturated/α-hetero) is 1. The van der Waals surface area contributed by atoms with E-state index in [0.717, 1.165) is 40.1 Å². The zero-order valence-electron chi connectivity index (χ0n) is 18.1. The maximum atomic E-state index is 13.6. The number of allylic oxidation sites excluding steroid dienone is 1.